The monoisotopic (exact) mass is 233 g/mol. The van der Waals surface area contributed by atoms with Crippen molar-refractivity contribution in [1.29, 1.82) is 0 Å². The molecule has 5 heteroatoms. The highest BCUT2D eigenvalue weighted by Gasteiger charge is 2.39. The SMILES string of the molecule is C[C@H](O)[C@@H]1C[C@H](F)CN1C(=O)OC(C)(C)C. The fourth-order valence-electron chi connectivity index (χ4n) is 1.80. The Morgan fingerprint density at radius 1 is 1.56 bits per heavy atom. The van der Waals surface area contributed by atoms with E-state index < -0.39 is 30.0 Å². The summed E-state index contributed by atoms with van der Waals surface area (Å²) in [6.07, 6.45) is -2.20. The van der Waals surface area contributed by atoms with Crippen molar-refractivity contribution < 1.29 is 19.0 Å². The summed E-state index contributed by atoms with van der Waals surface area (Å²) in [4.78, 5) is 13.0. The number of likely N-dealkylation sites (tertiary alicyclic amines) is 1. The lowest BCUT2D eigenvalue weighted by Crippen LogP contribution is -2.44. The molecule has 0 aromatic carbocycles. The lowest BCUT2D eigenvalue weighted by molar-refractivity contribution is 0.00771. The normalized spacial score (nSPS) is 28.0. The Balaban J connectivity index is 2.67. The smallest absolute Gasteiger partial charge is 0.410 e. The average molecular weight is 233 g/mol. The van der Waals surface area contributed by atoms with Gasteiger partial charge in [0.2, 0.25) is 0 Å². The van der Waals surface area contributed by atoms with Gasteiger partial charge < -0.3 is 9.84 Å². The summed E-state index contributed by atoms with van der Waals surface area (Å²) in [7, 11) is 0. The van der Waals surface area contributed by atoms with Crippen molar-refractivity contribution in [2.24, 2.45) is 0 Å². The molecule has 94 valence electrons. The minimum absolute atomic E-state index is 0.00444. The van der Waals surface area contributed by atoms with Gasteiger partial charge in [-0.25, -0.2) is 9.18 Å². The van der Waals surface area contributed by atoms with Crippen LogP contribution in [0.25, 0.3) is 0 Å². The summed E-state index contributed by atoms with van der Waals surface area (Å²) >= 11 is 0. The van der Waals surface area contributed by atoms with E-state index in [1.807, 2.05) is 0 Å². The van der Waals surface area contributed by atoms with Crippen molar-refractivity contribution in [3.63, 3.8) is 0 Å². The zero-order valence-electron chi connectivity index (χ0n) is 10.2. The molecule has 0 bridgehead atoms. The summed E-state index contributed by atoms with van der Waals surface area (Å²) in [6, 6.07) is -0.482. The van der Waals surface area contributed by atoms with Crippen LogP contribution in [0.15, 0.2) is 0 Å². The predicted octanol–water partition coefficient (Wildman–Crippen LogP) is 1.71. The number of amides is 1. The molecule has 1 N–H and O–H groups in total. The number of hydrogen-bond acceptors (Lipinski definition) is 3. The van der Waals surface area contributed by atoms with E-state index >= 15 is 0 Å². The molecular formula is C11H20FNO3. The summed E-state index contributed by atoms with van der Waals surface area (Å²) in [5.74, 6) is 0. The molecule has 1 aliphatic rings. The largest absolute Gasteiger partial charge is 0.444 e. The first-order valence-electron chi connectivity index (χ1n) is 5.52. The highest BCUT2D eigenvalue weighted by atomic mass is 19.1. The zero-order valence-corrected chi connectivity index (χ0v) is 10.2. The number of rotatable bonds is 1. The van der Waals surface area contributed by atoms with Crippen molar-refractivity contribution in [2.45, 2.75) is 58.0 Å². The maximum Gasteiger partial charge on any atom is 0.410 e. The third kappa shape index (κ3) is 3.33. The van der Waals surface area contributed by atoms with Crippen LogP contribution < -0.4 is 0 Å². The van der Waals surface area contributed by atoms with Crippen molar-refractivity contribution in [1.82, 2.24) is 4.90 Å². The minimum Gasteiger partial charge on any atom is -0.444 e. The molecule has 3 atom stereocenters. The van der Waals surface area contributed by atoms with Gasteiger partial charge in [0.25, 0.3) is 0 Å². The molecular weight excluding hydrogens is 213 g/mol. The van der Waals surface area contributed by atoms with Crippen molar-refractivity contribution in [2.75, 3.05) is 6.54 Å². The quantitative estimate of drug-likeness (QED) is 0.750. The van der Waals surface area contributed by atoms with Gasteiger partial charge >= 0.3 is 6.09 Å². The molecule has 1 heterocycles. The lowest BCUT2D eigenvalue weighted by Gasteiger charge is -2.29. The van der Waals surface area contributed by atoms with E-state index in [1.54, 1.807) is 27.7 Å². The Morgan fingerprint density at radius 3 is 2.56 bits per heavy atom. The van der Waals surface area contributed by atoms with Gasteiger partial charge in [-0.3, -0.25) is 4.90 Å². The molecule has 1 fully saturated rings. The van der Waals surface area contributed by atoms with Gasteiger partial charge in [0.05, 0.1) is 18.7 Å². The summed E-state index contributed by atoms with van der Waals surface area (Å²) < 4.78 is 18.4. The molecule has 0 radical (unpaired) electrons. The van der Waals surface area contributed by atoms with Crippen LogP contribution in [-0.4, -0.2) is 46.6 Å². The molecule has 0 unspecified atom stereocenters. The number of carbonyl (C=O) groups is 1. The molecule has 4 nitrogen and oxygen atoms in total. The van der Waals surface area contributed by atoms with E-state index in [2.05, 4.69) is 0 Å². The second-order valence-corrected chi connectivity index (χ2v) is 5.27. The Bertz CT molecular complexity index is 262. The van der Waals surface area contributed by atoms with Crippen LogP contribution in [-0.2, 0) is 4.74 Å². The maximum atomic E-state index is 13.2. The summed E-state index contributed by atoms with van der Waals surface area (Å²) in [6.45, 7) is 6.83. The van der Waals surface area contributed by atoms with Gasteiger partial charge in [-0.1, -0.05) is 0 Å². The molecule has 0 aromatic rings. The second-order valence-electron chi connectivity index (χ2n) is 5.27. The molecule has 0 spiro atoms. The topological polar surface area (TPSA) is 49.8 Å². The number of carbonyl (C=O) groups excluding carboxylic acids is 1. The van der Waals surface area contributed by atoms with E-state index in [1.165, 1.54) is 4.90 Å². The summed E-state index contributed by atoms with van der Waals surface area (Å²) in [5.41, 5.74) is -0.602. The maximum absolute atomic E-state index is 13.2. The van der Waals surface area contributed by atoms with E-state index in [0.717, 1.165) is 0 Å². The number of ether oxygens (including phenoxy) is 1. The molecule has 1 aliphatic heterocycles. The number of nitrogens with zero attached hydrogens (tertiary/aromatic N) is 1. The van der Waals surface area contributed by atoms with Crippen LogP contribution in [0.3, 0.4) is 0 Å². The fraction of sp³-hybridized carbons (Fsp3) is 0.909. The number of alkyl halides is 1. The standard InChI is InChI=1S/C11H20FNO3/c1-7(14)9-5-8(12)6-13(9)10(15)16-11(2,3)4/h7-9,14H,5-6H2,1-4H3/t7-,8-,9-/m0/s1. The van der Waals surface area contributed by atoms with Gasteiger partial charge in [0.15, 0.2) is 0 Å². The molecule has 0 saturated carbocycles. The zero-order chi connectivity index (χ0) is 12.5. The predicted molar refractivity (Wildman–Crippen MR) is 57.9 cm³/mol. The Morgan fingerprint density at radius 2 is 2.12 bits per heavy atom. The first kappa shape index (κ1) is 13.2. The van der Waals surface area contributed by atoms with E-state index in [-0.39, 0.29) is 13.0 Å². The van der Waals surface area contributed by atoms with Crippen molar-refractivity contribution >= 4 is 6.09 Å². The third-order valence-electron chi connectivity index (χ3n) is 2.48. The first-order chi connectivity index (χ1) is 7.20. The Hall–Kier alpha value is -0.840. The van der Waals surface area contributed by atoms with Gasteiger partial charge in [0, 0.05) is 6.42 Å². The molecule has 1 saturated heterocycles. The summed E-state index contributed by atoms with van der Waals surface area (Å²) in [5, 5.41) is 9.47. The highest BCUT2D eigenvalue weighted by molar-refractivity contribution is 5.69. The minimum atomic E-state index is -1.08. The van der Waals surface area contributed by atoms with Crippen molar-refractivity contribution in [3.05, 3.63) is 0 Å². The fourth-order valence-corrected chi connectivity index (χ4v) is 1.80. The van der Waals surface area contributed by atoms with Gasteiger partial charge in [-0.05, 0) is 27.7 Å². The molecule has 1 rings (SSSR count). The van der Waals surface area contributed by atoms with Gasteiger partial charge in [0.1, 0.15) is 11.8 Å². The molecule has 16 heavy (non-hydrogen) atoms. The van der Waals surface area contributed by atoms with Crippen LogP contribution in [0.1, 0.15) is 34.1 Å². The highest BCUT2D eigenvalue weighted by Crippen LogP contribution is 2.25. The van der Waals surface area contributed by atoms with Crippen LogP contribution in [0.5, 0.6) is 0 Å². The van der Waals surface area contributed by atoms with Crippen LogP contribution in [0, 0.1) is 0 Å². The average Bonchev–Trinajstić information content (AvgIpc) is 2.44. The van der Waals surface area contributed by atoms with Crippen LogP contribution in [0.2, 0.25) is 0 Å². The number of halogens is 1. The number of aliphatic hydroxyl groups is 1. The molecule has 0 aromatic heterocycles. The van der Waals surface area contributed by atoms with E-state index in [4.69, 9.17) is 4.74 Å². The molecule has 0 aliphatic carbocycles. The Labute approximate surface area is 95.4 Å². The third-order valence-corrected chi connectivity index (χ3v) is 2.48. The lowest BCUT2D eigenvalue weighted by atomic mass is 10.1. The van der Waals surface area contributed by atoms with Crippen molar-refractivity contribution in [3.8, 4) is 0 Å². The first-order valence-corrected chi connectivity index (χ1v) is 5.52. The number of aliphatic hydroxyl groups excluding tert-OH is 1. The van der Waals surface area contributed by atoms with Gasteiger partial charge in [-0.15, -0.1) is 0 Å². The molecule has 1 amide bonds. The number of hydrogen-bond donors (Lipinski definition) is 1. The Kier molecular flexibility index (Phi) is 3.78. The van der Waals surface area contributed by atoms with Gasteiger partial charge in [-0.2, -0.15) is 0 Å². The van der Waals surface area contributed by atoms with E-state index in [9.17, 15) is 14.3 Å². The second kappa shape index (κ2) is 4.57. The van der Waals surface area contributed by atoms with E-state index in [0.29, 0.717) is 0 Å². The van der Waals surface area contributed by atoms with Crippen LogP contribution >= 0.6 is 0 Å². The van der Waals surface area contributed by atoms with Crippen LogP contribution in [0.4, 0.5) is 9.18 Å².